The Morgan fingerprint density at radius 2 is 1.74 bits per heavy atom. The van der Waals surface area contributed by atoms with Gasteiger partial charge in [0.25, 0.3) is 0 Å². The largest absolute Gasteiger partial charge is 0.466 e. The van der Waals surface area contributed by atoms with Gasteiger partial charge in [-0.3, -0.25) is 14.4 Å². The molecule has 6 nitrogen and oxygen atoms in total. The van der Waals surface area contributed by atoms with E-state index in [1.165, 1.54) is 4.88 Å². The Hall–Kier alpha value is -2.67. The van der Waals surface area contributed by atoms with Gasteiger partial charge in [-0.25, -0.2) is 0 Å². The molecular formula is C24H30N2O4S. The van der Waals surface area contributed by atoms with Crippen molar-refractivity contribution in [1.82, 2.24) is 9.80 Å². The van der Waals surface area contributed by atoms with Gasteiger partial charge in [-0.2, -0.15) is 0 Å². The first-order chi connectivity index (χ1) is 15.0. The summed E-state index contributed by atoms with van der Waals surface area (Å²) in [7, 11) is 0. The normalized spacial score (nSPS) is 13.0. The number of thiophene rings is 1. The molecule has 1 saturated carbocycles. The van der Waals surface area contributed by atoms with Crippen LogP contribution in [0.5, 0.6) is 0 Å². The average Bonchev–Trinajstić information content (AvgIpc) is 3.52. The monoisotopic (exact) mass is 442 g/mol. The van der Waals surface area contributed by atoms with Crippen molar-refractivity contribution in [2.45, 2.75) is 58.7 Å². The van der Waals surface area contributed by atoms with Crippen molar-refractivity contribution in [3.63, 3.8) is 0 Å². The number of carbonyl (C=O) groups is 3. The van der Waals surface area contributed by atoms with Gasteiger partial charge in [0.2, 0.25) is 11.8 Å². The van der Waals surface area contributed by atoms with Crippen LogP contribution in [0, 0.1) is 6.92 Å². The number of esters is 1. The standard InChI is InChI=1S/C24H30N2O4S/c1-3-30-24(29)14-13-22(27)26(20-10-11-20)17-23(28)25(15-19-7-5-4-6-8-19)16-21-12-9-18(2)31-21/h4-9,12,20H,3,10-11,13-17H2,1-2H3. The maximum Gasteiger partial charge on any atom is 0.306 e. The van der Waals surface area contributed by atoms with Crippen LogP contribution < -0.4 is 0 Å². The van der Waals surface area contributed by atoms with E-state index in [0.29, 0.717) is 19.7 Å². The molecule has 0 saturated heterocycles. The minimum Gasteiger partial charge on any atom is -0.466 e. The second-order valence-corrected chi connectivity index (χ2v) is 9.18. The molecule has 1 aliphatic rings. The summed E-state index contributed by atoms with van der Waals surface area (Å²) in [6.45, 7) is 5.14. The van der Waals surface area contributed by atoms with E-state index in [2.05, 4.69) is 19.1 Å². The van der Waals surface area contributed by atoms with Crippen molar-refractivity contribution in [2.24, 2.45) is 0 Å². The van der Waals surface area contributed by atoms with Gasteiger partial charge in [-0.15, -0.1) is 11.3 Å². The van der Waals surface area contributed by atoms with Gasteiger partial charge in [0, 0.05) is 28.8 Å². The van der Waals surface area contributed by atoms with E-state index in [9.17, 15) is 14.4 Å². The van der Waals surface area contributed by atoms with E-state index in [1.54, 1.807) is 23.2 Å². The molecule has 31 heavy (non-hydrogen) atoms. The average molecular weight is 443 g/mol. The molecule has 0 spiro atoms. The van der Waals surface area contributed by atoms with Crippen LogP contribution in [0.2, 0.25) is 0 Å². The second-order valence-electron chi connectivity index (χ2n) is 7.81. The number of hydrogen-bond donors (Lipinski definition) is 0. The van der Waals surface area contributed by atoms with Gasteiger partial charge in [0.05, 0.1) is 19.6 Å². The summed E-state index contributed by atoms with van der Waals surface area (Å²) in [6.07, 6.45) is 1.93. The number of nitrogens with zero attached hydrogens (tertiary/aromatic N) is 2. The third-order valence-electron chi connectivity index (χ3n) is 5.17. The Bertz CT molecular complexity index is 892. The summed E-state index contributed by atoms with van der Waals surface area (Å²) in [6, 6.07) is 14.1. The van der Waals surface area contributed by atoms with E-state index in [-0.39, 0.29) is 43.2 Å². The molecule has 1 fully saturated rings. The minimum absolute atomic E-state index is 0.0452. The zero-order chi connectivity index (χ0) is 22.2. The summed E-state index contributed by atoms with van der Waals surface area (Å²) in [5, 5.41) is 0. The van der Waals surface area contributed by atoms with Crippen LogP contribution in [0.4, 0.5) is 0 Å². The predicted octanol–water partition coefficient (Wildman–Crippen LogP) is 3.92. The zero-order valence-electron chi connectivity index (χ0n) is 18.2. The van der Waals surface area contributed by atoms with Crippen LogP contribution in [0.25, 0.3) is 0 Å². The SMILES string of the molecule is CCOC(=O)CCC(=O)N(CC(=O)N(Cc1ccccc1)Cc1ccc(C)s1)C1CC1. The van der Waals surface area contributed by atoms with Crippen LogP contribution in [0.1, 0.15) is 47.9 Å². The molecule has 0 atom stereocenters. The van der Waals surface area contributed by atoms with Crippen molar-refractivity contribution < 1.29 is 19.1 Å². The highest BCUT2D eigenvalue weighted by molar-refractivity contribution is 7.11. The van der Waals surface area contributed by atoms with Gasteiger partial charge in [-0.05, 0) is 44.4 Å². The molecule has 0 bridgehead atoms. The number of aryl methyl sites for hydroxylation is 1. The van der Waals surface area contributed by atoms with Crippen molar-refractivity contribution in [3.8, 4) is 0 Å². The summed E-state index contributed by atoms with van der Waals surface area (Å²) in [4.78, 5) is 43.5. The summed E-state index contributed by atoms with van der Waals surface area (Å²) in [5.41, 5.74) is 1.05. The molecule has 1 heterocycles. The highest BCUT2D eigenvalue weighted by Crippen LogP contribution is 2.28. The maximum atomic E-state index is 13.3. The number of carbonyl (C=O) groups excluding carboxylic acids is 3. The number of benzene rings is 1. The minimum atomic E-state index is -0.378. The first kappa shape index (κ1) is 23.0. The number of hydrogen-bond acceptors (Lipinski definition) is 5. The Balaban J connectivity index is 1.67. The molecule has 166 valence electrons. The Kier molecular flexibility index (Phi) is 8.23. The van der Waals surface area contributed by atoms with Gasteiger partial charge in [0.1, 0.15) is 6.54 Å². The van der Waals surface area contributed by atoms with Crippen molar-refractivity contribution >= 4 is 29.1 Å². The van der Waals surface area contributed by atoms with Crippen LogP contribution in [-0.4, -0.2) is 46.8 Å². The molecule has 1 aliphatic carbocycles. The fraction of sp³-hybridized carbons (Fsp3) is 0.458. The van der Waals surface area contributed by atoms with Crippen LogP contribution in [-0.2, 0) is 32.2 Å². The maximum absolute atomic E-state index is 13.3. The lowest BCUT2D eigenvalue weighted by molar-refractivity contribution is -0.146. The number of amides is 2. The number of ether oxygens (including phenoxy) is 1. The highest BCUT2D eigenvalue weighted by Gasteiger charge is 2.34. The molecule has 2 aromatic rings. The Morgan fingerprint density at radius 3 is 2.35 bits per heavy atom. The predicted molar refractivity (Wildman–Crippen MR) is 120 cm³/mol. The van der Waals surface area contributed by atoms with E-state index in [1.807, 2.05) is 35.2 Å². The molecule has 7 heteroatoms. The van der Waals surface area contributed by atoms with Gasteiger partial charge in [0.15, 0.2) is 0 Å². The Morgan fingerprint density at radius 1 is 1.00 bits per heavy atom. The van der Waals surface area contributed by atoms with Gasteiger partial charge >= 0.3 is 5.97 Å². The molecule has 1 aromatic carbocycles. The van der Waals surface area contributed by atoms with Crippen molar-refractivity contribution in [1.29, 1.82) is 0 Å². The van der Waals surface area contributed by atoms with Gasteiger partial charge in [-0.1, -0.05) is 30.3 Å². The van der Waals surface area contributed by atoms with Crippen LogP contribution in [0.3, 0.4) is 0 Å². The van der Waals surface area contributed by atoms with E-state index in [4.69, 9.17) is 4.74 Å². The van der Waals surface area contributed by atoms with Crippen molar-refractivity contribution in [2.75, 3.05) is 13.2 Å². The summed E-state index contributed by atoms with van der Waals surface area (Å²) < 4.78 is 4.92. The Labute approximate surface area is 187 Å². The smallest absolute Gasteiger partial charge is 0.306 e. The summed E-state index contributed by atoms with van der Waals surface area (Å²) >= 11 is 1.68. The molecule has 0 radical (unpaired) electrons. The van der Waals surface area contributed by atoms with E-state index < -0.39 is 0 Å². The second kappa shape index (κ2) is 11.1. The van der Waals surface area contributed by atoms with E-state index >= 15 is 0 Å². The van der Waals surface area contributed by atoms with Gasteiger partial charge < -0.3 is 14.5 Å². The first-order valence-electron chi connectivity index (χ1n) is 10.8. The molecule has 3 rings (SSSR count). The lowest BCUT2D eigenvalue weighted by Crippen LogP contribution is -2.43. The van der Waals surface area contributed by atoms with E-state index in [0.717, 1.165) is 23.3 Å². The molecule has 0 aliphatic heterocycles. The number of rotatable bonds is 11. The molecule has 0 N–H and O–H groups in total. The highest BCUT2D eigenvalue weighted by atomic mass is 32.1. The third-order valence-corrected chi connectivity index (χ3v) is 6.16. The third kappa shape index (κ3) is 7.21. The van der Waals surface area contributed by atoms with Crippen LogP contribution in [0.15, 0.2) is 42.5 Å². The first-order valence-corrected chi connectivity index (χ1v) is 11.6. The molecule has 1 aromatic heterocycles. The summed E-state index contributed by atoms with van der Waals surface area (Å²) in [5.74, 6) is -0.612. The van der Waals surface area contributed by atoms with Crippen molar-refractivity contribution in [3.05, 3.63) is 57.8 Å². The van der Waals surface area contributed by atoms with Crippen LogP contribution >= 0.6 is 11.3 Å². The molecular weight excluding hydrogens is 412 g/mol. The molecule has 2 amide bonds. The lowest BCUT2D eigenvalue weighted by Gasteiger charge is -2.27. The zero-order valence-corrected chi connectivity index (χ0v) is 19.0. The fourth-order valence-electron chi connectivity index (χ4n) is 3.43. The lowest BCUT2D eigenvalue weighted by atomic mass is 10.2. The fourth-order valence-corrected chi connectivity index (χ4v) is 4.34. The molecule has 0 unspecified atom stereocenters. The quantitative estimate of drug-likeness (QED) is 0.495. The topological polar surface area (TPSA) is 66.9 Å².